The zero-order valence-corrected chi connectivity index (χ0v) is 15.5. The zero-order chi connectivity index (χ0) is 19.1. The first-order valence-corrected chi connectivity index (χ1v) is 8.37. The Balaban J connectivity index is 1.78. The number of esters is 1. The first kappa shape index (κ1) is 19.4. The van der Waals surface area contributed by atoms with Gasteiger partial charge in [0.15, 0.2) is 6.61 Å². The first-order chi connectivity index (χ1) is 12.4. The predicted octanol–water partition coefficient (Wildman–Crippen LogP) is 1.95. The standard InChI is InChI=1S/C19H24N4O3/c1-13-6-7-16(10-14(13)2)15(3)22-17(24)12-26-18(25)11-23(4)19-20-8-5-9-21-19/h5-10,15H,11-12H2,1-4H3,(H,22,24)/t15-/m0/s1. The number of nitrogens with zero attached hydrogens (tertiary/aromatic N) is 3. The second kappa shape index (κ2) is 8.94. The number of rotatable bonds is 7. The maximum Gasteiger partial charge on any atom is 0.326 e. The number of benzene rings is 1. The molecule has 1 amide bonds. The molecule has 1 aromatic heterocycles. The van der Waals surface area contributed by atoms with Gasteiger partial charge in [-0.3, -0.25) is 9.59 Å². The number of carbonyl (C=O) groups excluding carboxylic acids is 2. The van der Waals surface area contributed by atoms with E-state index < -0.39 is 5.97 Å². The molecule has 1 N–H and O–H groups in total. The van der Waals surface area contributed by atoms with Crippen LogP contribution < -0.4 is 10.2 Å². The van der Waals surface area contributed by atoms with E-state index in [1.165, 1.54) is 11.1 Å². The van der Waals surface area contributed by atoms with Gasteiger partial charge in [0.2, 0.25) is 5.95 Å². The summed E-state index contributed by atoms with van der Waals surface area (Å²) in [7, 11) is 1.68. The Labute approximate surface area is 153 Å². The molecule has 0 fully saturated rings. The quantitative estimate of drug-likeness (QED) is 0.764. The SMILES string of the molecule is Cc1ccc([C@H](C)NC(=O)COC(=O)CN(C)c2ncccn2)cc1C. The van der Waals surface area contributed by atoms with E-state index in [0.29, 0.717) is 5.95 Å². The molecule has 0 spiro atoms. The molecule has 26 heavy (non-hydrogen) atoms. The van der Waals surface area contributed by atoms with Gasteiger partial charge in [0.25, 0.3) is 5.91 Å². The monoisotopic (exact) mass is 356 g/mol. The normalized spacial score (nSPS) is 11.5. The number of hydrogen-bond donors (Lipinski definition) is 1. The van der Waals surface area contributed by atoms with Gasteiger partial charge in [-0.25, -0.2) is 9.97 Å². The number of ether oxygens (including phenoxy) is 1. The summed E-state index contributed by atoms with van der Waals surface area (Å²) in [5.74, 6) is -0.450. The van der Waals surface area contributed by atoms with Crippen molar-refractivity contribution in [3.8, 4) is 0 Å². The van der Waals surface area contributed by atoms with Crippen LogP contribution in [0.25, 0.3) is 0 Å². The number of hydrogen-bond acceptors (Lipinski definition) is 6. The molecule has 0 radical (unpaired) electrons. The van der Waals surface area contributed by atoms with Gasteiger partial charge in [0.1, 0.15) is 6.54 Å². The van der Waals surface area contributed by atoms with Crippen molar-refractivity contribution in [3.05, 3.63) is 53.3 Å². The molecule has 7 nitrogen and oxygen atoms in total. The van der Waals surface area contributed by atoms with Crippen molar-refractivity contribution < 1.29 is 14.3 Å². The van der Waals surface area contributed by atoms with Crippen molar-refractivity contribution in [3.63, 3.8) is 0 Å². The second-order valence-corrected chi connectivity index (χ2v) is 6.20. The molecule has 0 aliphatic carbocycles. The van der Waals surface area contributed by atoms with E-state index in [4.69, 9.17) is 4.74 Å². The minimum Gasteiger partial charge on any atom is -0.454 e. The molecule has 1 atom stereocenters. The number of aryl methyl sites for hydroxylation is 2. The van der Waals surface area contributed by atoms with E-state index in [9.17, 15) is 9.59 Å². The summed E-state index contributed by atoms with van der Waals surface area (Å²) >= 11 is 0. The maximum absolute atomic E-state index is 12.0. The number of likely N-dealkylation sites (N-methyl/N-ethyl adjacent to an activating group) is 1. The van der Waals surface area contributed by atoms with E-state index in [-0.39, 0.29) is 25.1 Å². The molecule has 138 valence electrons. The van der Waals surface area contributed by atoms with Gasteiger partial charge >= 0.3 is 5.97 Å². The fraction of sp³-hybridized carbons (Fsp3) is 0.368. The molecule has 1 aromatic carbocycles. The number of nitrogens with one attached hydrogen (secondary N) is 1. The topological polar surface area (TPSA) is 84.4 Å². The molecule has 0 saturated heterocycles. The van der Waals surface area contributed by atoms with Gasteiger partial charge in [-0.1, -0.05) is 18.2 Å². The zero-order valence-electron chi connectivity index (χ0n) is 15.5. The average molecular weight is 356 g/mol. The Bertz CT molecular complexity index is 765. The van der Waals surface area contributed by atoms with Crippen molar-refractivity contribution >= 4 is 17.8 Å². The number of aromatic nitrogens is 2. The van der Waals surface area contributed by atoms with Crippen molar-refractivity contribution in [1.29, 1.82) is 0 Å². The van der Waals surface area contributed by atoms with Crippen molar-refractivity contribution in [1.82, 2.24) is 15.3 Å². The van der Waals surface area contributed by atoms with E-state index in [1.54, 1.807) is 30.4 Å². The summed E-state index contributed by atoms with van der Waals surface area (Å²) < 4.78 is 5.03. The average Bonchev–Trinajstić information content (AvgIpc) is 2.63. The van der Waals surface area contributed by atoms with Gasteiger partial charge in [0, 0.05) is 19.4 Å². The molecular formula is C19H24N4O3. The van der Waals surface area contributed by atoms with E-state index in [1.807, 2.05) is 39.0 Å². The highest BCUT2D eigenvalue weighted by Gasteiger charge is 2.14. The molecule has 0 saturated carbocycles. The first-order valence-electron chi connectivity index (χ1n) is 8.37. The number of anilines is 1. The fourth-order valence-electron chi connectivity index (χ4n) is 2.34. The van der Waals surface area contributed by atoms with Gasteiger partial charge < -0.3 is 15.0 Å². The summed E-state index contributed by atoms with van der Waals surface area (Å²) in [5, 5.41) is 2.83. The van der Waals surface area contributed by atoms with Crippen LogP contribution in [0, 0.1) is 13.8 Å². The van der Waals surface area contributed by atoms with Crippen LogP contribution >= 0.6 is 0 Å². The van der Waals surface area contributed by atoms with E-state index in [2.05, 4.69) is 15.3 Å². The smallest absolute Gasteiger partial charge is 0.326 e. The molecule has 0 aliphatic rings. The van der Waals surface area contributed by atoms with E-state index in [0.717, 1.165) is 5.56 Å². The Kier molecular flexibility index (Phi) is 6.66. The third-order valence-electron chi connectivity index (χ3n) is 4.03. The third kappa shape index (κ3) is 5.54. The summed E-state index contributed by atoms with van der Waals surface area (Å²) in [6.45, 7) is 5.60. The molecule has 0 bridgehead atoms. The lowest BCUT2D eigenvalue weighted by Crippen LogP contribution is -2.34. The highest BCUT2D eigenvalue weighted by atomic mass is 16.5. The van der Waals surface area contributed by atoms with E-state index >= 15 is 0 Å². The highest BCUT2D eigenvalue weighted by molar-refractivity contribution is 5.82. The molecule has 0 aliphatic heterocycles. The van der Waals surface area contributed by atoms with Crippen LogP contribution in [0.4, 0.5) is 5.95 Å². The summed E-state index contributed by atoms with van der Waals surface area (Å²) in [4.78, 5) is 33.5. The van der Waals surface area contributed by atoms with Gasteiger partial charge in [0.05, 0.1) is 6.04 Å². The molecule has 2 rings (SSSR count). The summed E-state index contributed by atoms with van der Waals surface area (Å²) in [6, 6.07) is 7.57. The fourth-order valence-corrected chi connectivity index (χ4v) is 2.34. The summed E-state index contributed by atoms with van der Waals surface area (Å²) in [5.41, 5.74) is 3.38. The van der Waals surface area contributed by atoms with Gasteiger partial charge in [-0.2, -0.15) is 0 Å². The van der Waals surface area contributed by atoms with Crippen molar-refractivity contribution in [2.45, 2.75) is 26.8 Å². The Hall–Kier alpha value is -2.96. The Morgan fingerprint density at radius 2 is 1.88 bits per heavy atom. The lowest BCUT2D eigenvalue weighted by atomic mass is 10.0. The third-order valence-corrected chi connectivity index (χ3v) is 4.03. The van der Waals surface area contributed by atoms with Crippen LogP contribution in [0.3, 0.4) is 0 Å². The Morgan fingerprint density at radius 3 is 2.54 bits per heavy atom. The Morgan fingerprint density at radius 1 is 1.19 bits per heavy atom. The molecule has 7 heteroatoms. The number of amides is 1. The molecule has 2 aromatic rings. The van der Waals surface area contributed by atoms with Crippen LogP contribution in [-0.2, 0) is 14.3 Å². The van der Waals surface area contributed by atoms with Crippen LogP contribution in [0.5, 0.6) is 0 Å². The van der Waals surface area contributed by atoms with Crippen LogP contribution in [0.2, 0.25) is 0 Å². The van der Waals surface area contributed by atoms with Crippen LogP contribution in [-0.4, -0.2) is 42.0 Å². The second-order valence-electron chi connectivity index (χ2n) is 6.20. The molecule has 0 unspecified atom stereocenters. The van der Waals surface area contributed by atoms with Crippen molar-refractivity contribution in [2.75, 3.05) is 25.1 Å². The largest absolute Gasteiger partial charge is 0.454 e. The minimum atomic E-state index is -0.520. The minimum absolute atomic E-state index is 0.0377. The highest BCUT2D eigenvalue weighted by Crippen LogP contribution is 2.16. The molecule has 1 heterocycles. The van der Waals surface area contributed by atoms with Gasteiger partial charge in [-0.05, 0) is 43.5 Å². The lowest BCUT2D eigenvalue weighted by molar-refractivity contribution is -0.147. The van der Waals surface area contributed by atoms with Crippen molar-refractivity contribution in [2.24, 2.45) is 0 Å². The van der Waals surface area contributed by atoms with Crippen LogP contribution in [0.1, 0.15) is 29.7 Å². The lowest BCUT2D eigenvalue weighted by Gasteiger charge is -2.17. The molecular weight excluding hydrogens is 332 g/mol. The maximum atomic E-state index is 12.0. The number of carbonyl (C=O) groups is 2. The van der Waals surface area contributed by atoms with Crippen LogP contribution in [0.15, 0.2) is 36.7 Å². The summed E-state index contributed by atoms with van der Waals surface area (Å²) in [6.07, 6.45) is 3.18. The van der Waals surface area contributed by atoms with Gasteiger partial charge in [-0.15, -0.1) is 0 Å². The predicted molar refractivity (Wildman–Crippen MR) is 98.7 cm³/mol.